The second-order valence-electron chi connectivity index (χ2n) is 2.21. The van der Waals surface area contributed by atoms with Gasteiger partial charge >= 0.3 is 6.36 Å². The number of hydrogen-bond acceptors (Lipinski definition) is 3. The molecule has 0 saturated carbocycles. The third-order valence-electron chi connectivity index (χ3n) is 1.15. The average molecular weight is 321 g/mol. The van der Waals surface area contributed by atoms with Crippen molar-refractivity contribution in [1.29, 1.82) is 0 Å². The van der Waals surface area contributed by atoms with Crippen LogP contribution in [-0.4, -0.2) is 16.5 Å². The van der Waals surface area contributed by atoms with Crippen molar-refractivity contribution < 1.29 is 23.0 Å². The molecule has 1 rings (SSSR count). The van der Waals surface area contributed by atoms with E-state index >= 15 is 0 Å². The highest BCUT2D eigenvalue weighted by Crippen LogP contribution is 2.27. The van der Waals surface area contributed by atoms with Crippen LogP contribution >= 0.6 is 22.6 Å². The molecule has 14 heavy (non-hydrogen) atoms. The number of pyridine rings is 1. The van der Waals surface area contributed by atoms with E-state index in [2.05, 4.69) is 4.74 Å². The lowest BCUT2D eigenvalue weighted by Gasteiger charge is -2.08. The summed E-state index contributed by atoms with van der Waals surface area (Å²) in [7, 11) is 0. The van der Waals surface area contributed by atoms with E-state index in [0.717, 1.165) is 6.07 Å². The van der Waals surface area contributed by atoms with Gasteiger partial charge in [-0.3, -0.25) is 4.79 Å². The Morgan fingerprint density at radius 2 is 2.07 bits per heavy atom. The highest BCUT2D eigenvalue weighted by atomic mass is 127. The second kappa shape index (κ2) is 3.67. The molecule has 0 aromatic carbocycles. The third kappa shape index (κ3) is 2.79. The van der Waals surface area contributed by atoms with Crippen LogP contribution in [0.4, 0.5) is 13.2 Å². The molecule has 0 spiro atoms. The van der Waals surface area contributed by atoms with E-state index in [-0.39, 0.29) is 3.70 Å². The van der Waals surface area contributed by atoms with Crippen LogP contribution in [0, 0.1) is 3.70 Å². The van der Waals surface area contributed by atoms with Crippen molar-refractivity contribution in [3.05, 3.63) is 20.1 Å². The number of rotatable bonds is 1. The molecule has 4 nitrogen and oxygen atoms in total. The molecule has 0 amide bonds. The number of halogens is 4. The smallest absolute Gasteiger partial charge is 0.504 e. The Kier molecular flexibility index (Phi) is 2.92. The van der Waals surface area contributed by atoms with Gasteiger partial charge in [0, 0.05) is 6.07 Å². The molecule has 0 aliphatic rings. The van der Waals surface area contributed by atoms with E-state index in [1.54, 1.807) is 22.6 Å². The van der Waals surface area contributed by atoms with E-state index < -0.39 is 23.4 Å². The Labute approximate surface area is 88.8 Å². The first-order valence-corrected chi connectivity index (χ1v) is 4.25. The first kappa shape index (κ1) is 11.1. The zero-order chi connectivity index (χ0) is 10.9. The van der Waals surface area contributed by atoms with Crippen LogP contribution in [-0.2, 0) is 0 Å². The van der Waals surface area contributed by atoms with Gasteiger partial charge < -0.3 is 14.8 Å². The Hall–Kier alpha value is -0.930. The van der Waals surface area contributed by atoms with Gasteiger partial charge in [-0.15, -0.1) is 13.2 Å². The maximum atomic E-state index is 11.7. The fourth-order valence-corrected chi connectivity index (χ4v) is 1.26. The molecule has 1 aromatic heterocycles. The topological polar surface area (TPSA) is 62.3 Å². The van der Waals surface area contributed by atoms with Gasteiger partial charge in [0.1, 0.15) is 0 Å². The summed E-state index contributed by atoms with van der Waals surface area (Å²) >= 11 is 1.63. The molecule has 0 atom stereocenters. The number of aromatic hydroxyl groups is 1. The highest BCUT2D eigenvalue weighted by Gasteiger charge is 2.33. The highest BCUT2D eigenvalue weighted by molar-refractivity contribution is 14.1. The van der Waals surface area contributed by atoms with Crippen LogP contribution in [0.5, 0.6) is 11.5 Å². The monoisotopic (exact) mass is 321 g/mol. The number of nitrogens with one attached hydrogen (secondary N) is 1. The Morgan fingerprint density at radius 1 is 1.50 bits per heavy atom. The molecule has 8 heteroatoms. The lowest BCUT2D eigenvalue weighted by atomic mass is 10.4. The molecule has 0 fully saturated rings. The lowest BCUT2D eigenvalue weighted by molar-refractivity contribution is -0.275. The summed E-state index contributed by atoms with van der Waals surface area (Å²) in [5.41, 5.74) is -1.13. The fourth-order valence-electron chi connectivity index (χ4n) is 0.718. The van der Waals surface area contributed by atoms with Crippen molar-refractivity contribution in [1.82, 2.24) is 4.98 Å². The Balaban J connectivity index is 3.16. The predicted octanol–water partition coefficient (Wildman–Crippen LogP) is 1.58. The van der Waals surface area contributed by atoms with Gasteiger partial charge in [-0.25, -0.2) is 0 Å². The van der Waals surface area contributed by atoms with Crippen LogP contribution in [0.25, 0.3) is 0 Å². The maximum absolute atomic E-state index is 11.7. The molecule has 0 bridgehead atoms. The summed E-state index contributed by atoms with van der Waals surface area (Å²) in [5, 5.41) is 8.99. The standard InChI is InChI=1S/C6H3F3INO3/c7-6(8,9)14-4-2(12)1-3(10)11-5(4)13/h1H,(H2,11,12,13). The molecule has 0 unspecified atom stereocenters. The van der Waals surface area contributed by atoms with Crippen LogP contribution < -0.4 is 10.3 Å². The first-order valence-electron chi connectivity index (χ1n) is 3.17. The molecule has 78 valence electrons. The summed E-state index contributed by atoms with van der Waals surface area (Å²) in [4.78, 5) is 12.9. The van der Waals surface area contributed by atoms with E-state index in [1.165, 1.54) is 0 Å². The van der Waals surface area contributed by atoms with Gasteiger partial charge in [-0.1, -0.05) is 0 Å². The Morgan fingerprint density at radius 3 is 2.50 bits per heavy atom. The van der Waals surface area contributed by atoms with Gasteiger partial charge in [0.05, 0.1) is 3.70 Å². The maximum Gasteiger partial charge on any atom is 0.573 e. The molecule has 1 aromatic rings. The normalized spacial score (nSPS) is 11.4. The van der Waals surface area contributed by atoms with E-state index in [9.17, 15) is 18.0 Å². The molecular formula is C6H3F3INO3. The van der Waals surface area contributed by atoms with Crippen molar-refractivity contribution in [3.63, 3.8) is 0 Å². The van der Waals surface area contributed by atoms with Crippen molar-refractivity contribution in [2.75, 3.05) is 0 Å². The number of H-pyrrole nitrogens is 1. The first-order chi connectivity index (χ1) is 6.29. The van der Waals surface area contributed by atoms with Crippen molar-refractivity contribution >= 4 is 22.6 Å². The minimum atomic E-state index is -5.00. The van der Waals surface area contributed by atoms with Gasteiger partial charge in [0.2, 0.25) is 5.75 Å². The van der Waals surface area contributed by atoms with Gasteiger partial charge in [0.15, 0.2) is 5.75 Å². The number of aromatic nitrogens is 1. The lowest BCUT2D eigenvalue weighted by Crippen LogP contribution is -2.23. The number of alkyl halides is 3. The zero-order valence-electron chi connectivity index (χ0n) is 6.35. The van der Waals surface area contributed by atoms with Crippen LogP contribution in [0.2, 0.25) is 0 Å². The average Bonchev–Trinajstić information content (AvgIpc) is 1.95. The third-order valence-corrected chi connectivity index (χ3v) is 1.73. The Bertz CT molecular complexity index is 400. The number of hydrogen-bond donors (Lipinski definition) is 2. The van der Waals surface area contributed by atoms with E-state index in [0.29, 0.717) is 0 Å². The molecule has 2 N–H and O–H groups in total. The quantitative estimate of drug-likeness (QED) is 0.610. The SMILES string of the molecule is O=c1[nH]c(I)cc(O)c1OC(F)(F)F. The molecule has 1 heterocycles. The van der Waals surface area contributed by atoms with Crippen LogP contribution in [0.1, 0.15) is 0 Å². The van der Waals surface area contributed by atoms with Crippen molar-refractivity contribution in [2.24, 2.45) is 0 Å². The molecule has 0 aliphatic carbocycles. The van der Waals surface area contributed by atoms with Gasteiger partial charge in [-0.2, -0.15) is 0 Å². The van der Waals surface area contributed by atoms with E-state index in [1.807, 2.05) is 4.98 Å². The summed E-state index contributed by atoms with van der Waals surface area (Å²) in [6.45, 7) is 0. The predicted molar refractivity (Wildman–Crippen MR) is 48.1 cm³/mol. The van der Waals surface area contributed by atoms with Crippen LogP contribution in [0.3, 0.4) is 0 Å². The van der Waals surface area contributed by atoms with Gasteiger partial charge in [-0.05, 0) is 22.6 Å². The molecule has 0 radical (unpaired) electrons. The van der Waals surface area contributed by atoms with Crippen LogP contribution in [0.15, 0.2) is 10.9 Å². The molecular weight excluding hydrogens is 318 g/mol. The zero-order valence-corrected chi connectivity index (χ0v) is 8.51. The largest absolute Gasteiger partial charge is 0.573 e. The second-order valence-corrected chi connectivity index (χ2v) is 3.37. The number of aromatic amines is 1. The van der Waals surface area contributed by atoms with Crippen molar-refractivity contribution in [3.8, 4) is 11.5 Å². The molecule has 0 saturated heterocycles. The summed E-state index contributed by atoms with van der Waals surface area (Å²) in [6, 6.07) is 0.947. The summed E-state index contributed by atoms with van der Waals surface area (Å²) in [5.74, 6) is -2.01. The number of ether oxygens (including phenoxy) is 1. The minimum Gasteiger partial charge on any atom is -0.504 e. The summed E-state index contributed by atoms with van der Waals surface area (Å²) < 4.78 is 38.7. The molecule has 0 aliphatic heterocycles. The van der Waals surface area contributed by atoms with E-state index in [4.69, 9.17) is 5.11 Å². The van der Waals surface area contributed by atoms with Crippen molar-refractivity contribution in [2.45, 2.75) is 6.36 Å². The summed E-state index contributed by atoms with van der Waals surface area (Å²) in [6.07, 6.45) is -5.00. The van der Waals surface area contributed by atoms with Gasteiger partial charge in [0.25, 0.3) is 5.56 Å². The minimum absolute atomic E-state index is 0.208. The fraction of sp³-hybridized carbons (Fsp3) is 0.167.